The first kappa shape index (κ1) is 28.5. The second kappa shape index (κ2) is 13.0. The number of aliphatic hydroxyl groups excluding tert-OH is 1. The molecule has 7 heteroatoms. The van der Waals surface area contributed by atoms with Crippen LogP contribution in [0.25, 0.3) is 0 Å². The fraction of sp³-hybridized carbons (Fsp3) is 0.483. The van der Waals surface area contributed by atoms with E-state index in [9.17, 15) is 9.90 Å². The third-order valence-electron chi connectivity index (χ3n) is 6.63. The average Bonchev–Trinajstić information content (AvgIpc) is 3.24. The van der Waals surface area contributed by atoms with Gasteiger partial charge in [0.25, 0.3) is 0 Å². The van der Waals surface area contributed by atoms with E-state index in [0.717, 1.165) is 19.3 Å². The first-order chi connectivity index (χ1) is 17.1. The zero-order valence-corrected chi connectivity index (χ0v) is 22.9. The number of rotatable bonds is 13. The van der Waals surface area contributed by atoms with Crippen molar-refractivity contribution < 1.29 is 19.4 Å². The maximum atomic E-state index is 11.9. The van der Waals surface area contributed by atoms with Crippen molar-refractivity contribution >= 4 is 29.2 Å². The van der Waals surface area contributed by atoms with Gasteiger partial charge in [-0.1, -0.05) is 59.6 Å². The molecule has 2 unspecified atom stereocenters. The van der Waals surface area contributed by atoms with Crippen LogP contribution >= 0.6 is 23.2 Å². The molecule has 0 heterocycles. The van der Waals surface area contributed by atoms with Gasteiger partial charge in [0.1, 0.15) is 23.5 Å². The van der Waals surface area contributed by atoms with Crippen molar-refractivity contribution in [2.24, 2.45) is 5.92 Å². The van der Waals surface area contributed by atoms with E-state index in [4.69, 9.17) is 32.7 Å². The van der Waals surface area contributed by atoms with Gasteiger partial charge in [0.05, 0.1) is 18.1 Å². The lowest BCUT2D eigenvalue weighted by molar-refractivity contribution is -0.143. The number of hydrogen-bond donors (Lipinski definition) is 2. The van der Waals surface area contributed by atoms with Gasteiger partial charge in [-0.25, -0.2) is 0 Å². The van der Waals surface area contributed by atoms with Crippen LogP contribution in [0.5, 0.6) is 5.75 Å². The zero-order chi connectivity index (χ0) is 26.3. The Morgan fingerprint density at radius 1 is 1.19 bits per heavy atom. The Bertz CT molecular complexity index is 1030. The molecule has 0 amide bonds. The summed E-state index contributed by atoms with van der Waals surface area (Å²) in [6, 6.07) is 12.1. The third-order valence-corrected chi connectivity index (χ3v) is 7.51. The lowest BCUT2D eigenvalue weighted by atomic mass is 9.88. The second-order valence-electron chi connectivity index (χ2n) is 10.1. The molecule has 0 saturated carbocycles. The number of β-amino-alcohol motifs (C(OH)–C–C–N with tert-alkyl or cyclic N) is 1. The van der Waals surface area contributed by atoms with E-state index in [1.54, 1.807) is 25.1 Å². The van der Waals surface area contributed by atoms with Crippen LogP contribution in [0.2, 0.25) is 10.0 Å². The normalized spacial score (nSPS) is 15.3. The van der Waals surface area contributed by atoms with E-state index in [-0.39, 0.29) is 35.5 Å². The lowest BCUT2D eigenvalue weighted by Gasteiger charge is -2.30. The van der Waals surface area contributed by atoms with Gasteiger partial charge < -0.3 is 19.9 Å². The summed E-state index contributed by atoms with van der Waals surface area (Å²) in [6.07, 6.45) is 4.29. The number of ether oxygens (including phenoxy) is 2. The smallest absolute Gasteiger partial charge is 0.306 e. The van der Waals surface area contributed by atoms with Crippen molar-refractivity contribution in [1.29, 1.82) is 0 Å². The molecular weight excluding hydrogens is 497 g/mol. The quantitative estimate of drug-likeness (QED) is 0.239. The minimum atomic E-state index is -0.718. The summed E-state index contributed by atoms with van der Waals surface area (Å²) in [5.74, 6) is 0.325. The summed E-state index contributed by atoms with van der Waals surface area (Å²) in [4.78, 5) is 11.9. The topological polar surface area (TPSA) is 67.8 Å². The molecule has 1 aliphatic carbocycles. The van der Waals surface area contributed by atoms with E-state index >= 15 is 0 Å². The Morgan fingerprint density at radius 3 is 2.47 bits per heavy atom. The van der Waals surface area contributed by atoms with Crippen molar-refractivity contribution in [3.05, 3.63) is 75.8 Å². The van der Waals surface area contributed by atoms with Crippen LogP contribution in [-0.2, 0) is 22.4 Å². The number of hydrogen-bond acceptors (Lipinski definition) is 5. The SMILES string of the molecule is C=CC(CC(=O)OCC)c1ccc(OCC(O)CNC(C)(C)CC2Cc3ccccc3C2)c(Cl)c1Cl. The highest BCUT2D eigenvalue weighted by Crippen LogP contribution is 2.39. The number of carbonyl (C=O) groups excluding carboxylic acids is 1. The standard InChI is InChI=1S/C29H37Cl2NO4/c1-5-20(15-26(34)35-6-2)24-11-12-25(28(31)27(24)30)36-18-23(33)17-32-29(3,4)16-19-13-21-9-7-8-10-22(21)14-19/h5,7-12,19-20,23,32-33H,1,6,13-18H2,2-4H3. The number of allylic oxidation sites excluding steroid dienone is 1. The van der Waals surface area contributed by atoms with Gasteiger partial charge in [-0.2, -0.15) is 0 Å². The monoisotopic (exact) mass is 533 g/mol. The Hall–Kier alpha value is -2.05. The maximum Gasteiger partial charge on any atom is 0.306 e. The minimum Gasteiger partial charge on any atom is -0.489 e. The summed E-state index contributed by atoms with van der Waals surface area (Å²) in [6.45, 7) is 10.7. The molecule has 2 N–H and O–H groups in total. The lowest BCUT2D eigenvalue weighted by Crippen LogP contribution is -2.46. The highest BCUT2D eigenvalue weighted by molar-refractivity contribution is 6.43. The minimum absolute atomic E-state index is 0.0705. The Balaban J connectivity index is 1.50. The van der Waals surface area contributed by atoms with Crippen LogP contribution in [0.1, 0.15) is 56.2 Å². The van der Waals surface area contributed by atoms with Gasteiger partial charge in [0.15, 0.2) is 0 Å². The summed E-state index contributed by atoms with van der Waals surface area (Å²) in [7, 11) is 0. The number of carbonyl (C=O) groups is 1. The summed E-state index contributed by atoms with van der Waals surface area (Å²) < 4.78 is 10.8. The van der Waals surface area contributed by atoms with Crippen molar-refractivity contribution in [3.63, 3.8) is 0 Å². The molecule has 0 saturated heterocycles. The molecular formula is C29H37Cl2NO4. The largest absolute Gasteiger partial charge is 0.489 e. The van der Waals surface area contributed by atoms with Crippen molar-refractivity contribution in [3.8, 4) is 5.75 Å². The fourth-order valence-corrected chi connectivity index (χ4v) is 5.41. The van der Waals surface area contributed by atoms with E-state index in [2.05, 4.69) is 50.0 Å². The second-order valence-corrected chi connectivity index (χ2v) is 10.9. The first-order valence-electron chi connectivity index (χ1n) is 12.5. The fourth-order valence-electron chi connectivity index (χ4n) is 4.89. The Kier molecular flexibility index (Phi) is 10.3. The van der Waals surface area contributed by atoms with Crippen LogP contribution in [-0.4, -0.2) is 42.5 Å². The highest BCUT2D eigenvalue weighted by atomic mass is 35.5. The first-order valence-corrected chi connectivity index (χ1v) is 13.3. The molecule has 0 radical (unpaired) electrons. The van der Waals surface area contributed by atoms with Crippen LogP contribution in [0, 0.1) is 5.92 Å². The highest BCUT2D eigenvalue weighted by Gasteiger charge is 2.28. The average molecular weight is 535 g/mol. The van der Waals surface area contributed by atoms with Crippen molar-refractivity contribution in [2.45, 2.75) is 64.0 Å². The number of benzene rings is 2. The summed E-state index contributed by atoms with van der Waals surface area (Å²) >= 11 is 13.0. The molecule has 0 aliphatic heterocycles. The van der Waals surface area contributed by atoms with E-state index in [1.807, 2.05) is 0 Å². The Morgan fingerprint density at radius 2 is 1.86 bits per heavy atom. The molecule has 2 aromatic carbocycles. The van der Waals surface area contributed by atoms with E-state index < -0.39 is 6.10 Å². The predicted molar refractivity (Wildman–Crippen MR) is 146 cm³/mol. The number of nitrogens with one attached hydrogen (secondary N) is 1. The zero-order valence-electron chi connectivity index (χ0n) is 21.4. The van der Waals surface area contributed by atoms with E-state index in [0.29, 0.717) is 35.4 Å². The molecule has 0 bridgehead atoms. The van der Waals surface area contributed by atoms with Crippen LogP contribution < -0.4 is 10.1 Å². The van der Waals surface area contributed by atoms with Crippen molar-refractivity contribution in [1.82, 2.24) is 5.32 Å². The molecule has 0 spiro atoms. The third kappa shape index (κ3) is 7.72. The maximum absolute atomic E-state index is 11.9. The molecule has 0 fully saturated rings. The van der Waals surface area contributed by atoms with Crippen molar-refractivity contribution in [2.75, 3.05) is 19.8 Å². The van der Waals surface area contributed by atoms with Gasteiger partial charge in [-0.05, 0) is 68.7 Å². The number of halogens is 2. The molecule has 2 aromatic rings. The van der Waals surface area contributed by atoms with Crippen LogP contribution in [0.4, 0.5) is 0 Å². The van der Waals surface area contributed by atoms with Gasteiger partial charge in [0, 0.05) is 18.0 Å². The van der Waals surface area contributed by atoms with Gasteiger partial charge in [-0.3, -0.25) is 4.79 Å². The van der Waals surface area contributed by atoms with Crippen LogP contribution in [0.3, 0.4) is 0 Å². The van der Waals surface area contributed by atoms with E-state index in [1.165, 1.54) is 11.1 Å². The van der Waals surface area contributed by atoms with Gasteiger partial charge in [0.2, 0.25) is 0 Å². The van der Waals surface area contributed by atoms with Gasteiger partial charge in [-0.15, -0.1) is 6.58 Å². The summed E-state index contributed by atoms with van der Waals surface area (Å²) in [5, 5.41) is 14.6. The molecule has 0 aromatic heterocycles. The molecule has 3 rings (SSSR count). The number of esters is 1. The molecule has 5 nitrogen and oxygen atoms in total. The molecule has 1 aliphatic rings. The number of fused-ring (bicyclic) bond motifs is 1. The Labute approximate surface area is 224 Å². The van der Waals surface area contributed by atoms with Crippen LogP contribution in [0.15, 0.2) is 49.1 Å². The molecule has 2 atom stereocenters. The molecule has 196 valence electrons. The predicted octanol–water partition coefficient (Wildman–Crippen LogP) is 6.13. The number of aliphatic hydroxyl groups is 1. The summed E-state index contributed by atoms with van der Waals surface area (Å²) in [5.41, 5.74) is 3.46. The van der Waals surface area contributed by atoms with Gasteiger partial charge >= 0.3 is 5.97 Å². The molecule has 36 heavy (non-hydrogen) atoms.